The average molecular weight is 510 g/mol. The second-order valence-corrected chi connectivity index (χ2v) is 10.2. The largest absolute Gasteiger partial charge is 0.497 e. The van der Waals surface area contributed by atoms with Crippen LogP contribution in [0.4, 0.5) is 5.69 Å². The molecule has 0 aromatic heterocycles. The lowest BCUT2D eigenvalue weighted by Gasteiger charge is -2.29. The molecule has 2 amide bonds. The minimum atomic E-state index is -3.55. The van der Waals surface area contributed by atoms with Gasteiger partial charge in [0.15, 0.2) is 0 Å². The molecule has 186 valence electrons. The molecule has 8 nitrogen and oxygen atoms in total. The van der Waals surface area contributed by atoms with Crippen LogP contribution in [0.25, 0.3) is 0 Å². The normalized spacial score (nSPS) is 12.0. The van der Waals surface area contributed by atoms with E-state index in [9.17, 15) is 18.0 Å². The first kappa shape index (κ1) is 27.5. The molecule has 34 heavy (non-hydrogen) atoms. The highest BCUT2D eigenvalue weighted by molar-refractivity contribution is 7.92. The van der Waals surface area contributed by atoms with Crippen molar-refractivity contribution in [1.29, 1.82) is 0 Å². The molecule has 2 aromatic rings. The lowest BCUT2D eigenvalue weighted by Crippen LogP contribution is -2.47. The number of methoxy groups -OCH3 is 1. The molecular weight excluding hydrogens is 478 g/mol. The summed E-state index contributed by atoms with van der Waals surface area (Å²) in [7, 11) is -2.02. The van der Waals surface area contributed by atoms with E-state index in [4.69, 9.17) is 16.3 Å². The van der Waals surface area contributed by atoms with Crippen LogP contribution in [-0.2, 0) is 26.2 Å². The SMILES string of the molecule is CCNC(=O)C(C)N(Cc1ccc(Cl)cc1)C(=O)CCCN(c1ccc(OC)cc1)S(C)(=O)=O. The van der Waals surface area contributed by atoms with Gasteiger partial charge in [-0.25, -0.2) is 8.42 Å². The fourth-order valence-corrected chi connectivity index (χ4v) is 4.53. The topological polar surface area (TPSA) is 96.0 Å². The molecule has 0 aliphatic rings. The minimum absolute atomic E-state index is 0.0828. The molecule has 0 aliphatic carbocycles. The molecule has 0 aliphatic heterocycles. The Kier molecular flexibility index (Phi) is 10.2. The fourth-order valence-electron chi connectivity index (χ4n) is 3.44. The lowest BCUT2D eigenvalue weighted by molar-refractivity contribution is -0.140. The van der Waals surface area contributed by atoms with Crippen molar-refractivity contribution in [3.63, 3.8) is 0 Å². The Bertz CT molecular complexity index is 1060. The summed E-state index contributed by atoms with van der Waals surface area (Å²) < 4.78 is 31.1. The molecule has 0 radical (unpaired) electrons. The Hall–Kier alpha value is -2.78. The predicted octanol–water partition coefficient (Wildman–Crippen LogP) is 3.45. The van der Waals surface area contributed by atoms with Crippen LogP contribution in [0.1, 0.15) is 32.3 Å². The monoisotopic (exact) mass is 509 g/mol. The third-order valence-electron chi connectivity index (χ3n) is 5.30. The molecule has 1 unspecified atom stereocenters. The van der Waals surface area contributed by atoms with Crippen LogP contribution in [0.15, 0.2) is 48.5 Å². The molecule has 0 saturated heterocycles. The lowest BCUT2D eigenvalue weighted by atomic mass is 10.1. The second-order valence-electron chi connectivity index (χ2n) is 7.86. The summed E-state index contributed by atoms with van der Waals surface area (Å²) >= 11 is 5.96. The van der Waals surface area contributed by atoms with Gasteiger partial charge in [0.1, 0.15) is 11.8 Å². The van der Waals surface area contributed by atoms with Gasteiger partial charge in [0, 0.05) is 31.1 Å². The second kappa shape index (κ2) is 12.6. The van der Waals surface area contributed by atoms with Crippen molar-refractivity contribution in [2.24, 2.45) is 0 Å². The number of carbonyl (C=O) groups is 2. The number of rotatable bonds is 12. The summed E-state index contributed by atoms with van der Waals surface area (Å²) in [5.74, 6) is 0.127. The standard InChI is InChI=1S/C24H32ClN3O5S/c1-5-26-24(30)18(2)27(17-19-8-10-20(25)11-9-19)23(29)7-6-16-28(34(4,31)32)21-12-14-22(33-3)15-13-21/h8-15,18H,5-7,16-17H2,1-4H3,(H,26,30). The van der Waals surface area contributed by atoms with E-state index >= 15 is 0 Å². The van der Waals surface area contributed by atoms with E-state index in [1.807, 2.05) is 19.1 Å². The van der Waals surface area contributed by atoms with Crippen LogP contribution < -0.4 is 14.4 Å². The number of halogens is 1. The van der Waals surface area contributed by atoms with Crippen LogP contribution in [0.2, 0.25) is 5.02 Å². The molecule has 1 N–H and O–H groups in total. The van der Waals surface area contributed by atoms with Gasteiger partial charge >= 0.3 is 0 Å². The summed E-state index contributed by atoms with van der Waals surface area (Å²) in [5.41, 5.74) is 1.33. The highest BCUT2D eigenvalue weighted by Gasteiger charge is 2.26. The quantitative estimate of drug-likeness (QED) is 0.472. The molecule has 10 heteroatoms. The number of hydrogen-bond donors (Lipinski definition) is 1. The smallest absolute Gasteiger partial charge is 0.242 e. The Morgan fingerprint density at radius 2 is 1.71 bits per heavy atom. The first-order valence-electron chi connectivity index (χ1n) is 11.0. The van der Waals surface area contributed by atoms with Gasteiger partial charge in [0.25, 0.3) is 0 Å². The van der Waals surface area contributed by atoms with E-state index in [1.165, 1.54) is 16.3 Å². The van der Waals surface area contributed by atoms with Gasteiger partial charge < -0.3 is 15.0 Å². The zero-order valence-corrected chi connectivity index (χ0v) is 21.5. The van der Waals surface area contributed by atoms with Crippen molar-refractivity contribution < 1.29 is 22.7 Å². The van der Waals surface area contributed by atoms with E-state index in [0.29, 0.717) is 23.0 Å². The number of sulfonamides is 1. The van der Waals surface area contributed by atoms with Crippen LogP contribution in [0, 0.1) is 0 Å². The Morgan fingerprint density at radius 1 is 1.09 bits per heavy atom. The Labute approximate surface area is 206 Å². The molecule has 2 aromatic carbocycles. The molecular formula is C24H32ClN3O5S. The van der Waals surface area contributed by atoms with Crippen LogP contribution >= 0.6 is 11.6 Å². The third kappa shape index (κ3) is 7.92. The molecule has 0 fully saturated rings. The highest BCUT2D eigenvalue weighted by atomic mass is 35.5. The summed E-state index contributed by atoms with van der Waals surface area (Å²) in [5, 5.41) is 3.33. The maximum Gasteiger partial charge on any atom is 0.242 e. The van der Waals surface area contributed by atoms with Crippen molar-refractivity contribution in [3.05, 3.63) is 59.1 Å². The van der Waals surface area contributed by atoms with Gasteiger partial charge in [-0.15, -0.1) is 0 Å². The molecule has 1 atom stereocenters. The van der Waals surface area contributed by atoms with Crippen LogP contribution in [0.5, 0.6) is 5.75 Å². The fraction of sp³-hybridized carbons (Fsp3) is 0.417. The first-order chi connectivity index (χ1) is 16.1. The zero-order valence-electron chi connectivity index (χ0n) is 20.0. The summed E-state index contributed by atoms with van der Waals surface area (Å²) in [6.45, 7) is 4.31. The summed E-state index contributed by atoms with van der Waals surface area (Å²) in [6, 6.07) is 13.1. The van der Waals surface area contributed by atoms with Gasteiger partial charge in [-0.05, 0) is 62.2 Å². The molecule has 2 rings (SSSR count). The number of carbonyl (C=O) groups excluding carboxylic acids is 2. The molecule has 0 bridgehead atoms. The van der Waals surface area contributed by atoms with E-state index in [2.05, 4.69) is 5.32 Å². The van der Waals surface area contributed by atoms with Crippen molar-refractivity contribution in [2.75, 3.05) is 30.8 Å². The number of likely N-dealkylation sites (N-methyl/N-ethyl adjacent to an activating group) is 1. The Morgan fingerprint density at radius 3 is 2.24 bits per heavy atom. The molecule has 0 saturated carbocycles. The maximum absolute atomic E-state index is 13.2. The summed E-state index contributed by atoms with van der Waals surface area (Å²) in [6.07, 6.45) is 1.50. The van der Waals surface area contributed by atoms with E-state index in [-0.39, 0.29) is 37.7 Å². The van der Waals surface area contributed by atoms with Crippen molar-refractivity contribution >= 4 is 39.1 Å². The third-order valence-corrected chi connectivity index (χ3v) is 6.74. The van der Waals surface area contributed by atoms with Gasteiger partial charge in [-0.1, -0.05) is 23.7 Å². The van der Waals surface area contributed by atoms with Gasteiger partial charge in [0.05, 0.1) is 19.1 Å². The minimum Gasteiger partial charge on any atom is -0.497 e. The first-order valence-corrected chi connectivity index (χ1v) is 13.2. The molecule has 0 spiro atoms. The van der Waals surface area contributed by atoms with E-state index in [0.717, 1.165) is 11.8 Å². The Balaban J connectivity index is 2.13. The van der Waals surface area contributed by atoms with Crippen LogP contribution in [0.3, 0.4) is 0 Å². The number of benzene rings is 2. The number of nitrogens with zero attached hydrogens (tertiary/aromatic N) is 2. The van der Waals surface area contributed by atoms with Crippen molar-refractivity contribution in [1.82, 2.24) is 10.2 Å². The van der Waals surface area contributed by atoms with E-state index in [1.54, 1.807) is 43.3 Å². The number of amides is 2. The average Bonchev–Trinajstić information content (AvgIpc) is 2.80. The van der Waals surface area contributed by atoms with Crippen molar-refractivity contribution in [3.8, 4) is 5.75 Å². The van der Waals surface area contributed by atoms with Gasteiger partial charge in [-0.3, -0.25) is 13.9 Å². The number of hydrogen-bond acceptors (Lipinski definition) is 5. The summed E-state index contributed by atoms with van der Waals surface area (Å²) in [4.78, 5) is 27.1. The highest BCUT2D eigenvalue weighted by Crippen LogP contribution is 2.22. The van der Waals surface area contributed by atoms with Crippen molar-refractivity contribution in [2.45, 2.75) is 39.3 Å². The van der Waals surface area contributed by atoms with E-state index < -0.39 is 16.1 Å². The zero-order chi connectivity index (χ0) is 25.3. The van der Waals surface area contributed by atoms with Gasteiger partial charge in [0.2, 0.25) is 21.8 Å². The number of nitrogens with one attached hydrogen (secondary N) is 1. The maximum atomic E-state index is 13.2. The molecule has 0 heterocycles. The number of anilines is 1. The van der Waals surface area contributed by atoms with Gasteiger partial charge in [-0.2, -0.15) is 0 Å². The predicted molar refractivity (Wildman–Crippen MR) is 135 cm³/mol. The van der Waals surface area contributed by atoms with Crippen LogP contribution in [-0.4, -0.2) is 57.6 Å². The number of ether oxygens (including phenoxy) is 1.